The molecule has 5 heteroatoms. The molecule has 1 amide bonds. The predicted octanol–water partition coefficient (Wildman–Crippen LogP) is 1.32. The van der Waals surface area contributed by atoms with E-state index in [1.165, 1.54) is 12.8 Å². The summed E-state index contributed by atoms with van der Waals surface area (Å²) in [5, 5.41) is 15.3. The molecule has 4 atom stereocenters. The minimum atomic E-state index is -1.03. The number of carboxylic acids is 1. The van der Waals surface area contributed by atoms with Crippen LogP contribution in [0.2, 0.25) is 0 Å². The topological polar surface area (TPSA) is 78.4 Å². The summed E-state index contributed by atoms with van der Waals surface area (Å²) in [6, 6.07) is 7.59. The number of carbonyl (C=O) groups excluding carboxylic acids is 1. The number of amides is 1. The van der Waals surface area contributed by atoms with Gasteiger partial charge in [0.2, 0.25) is 5.91 Å². The Bertz CT molecular complexity index is 532. The second kappa shape index (κ2) is 5.85. The maximum Gasteiger partial charge on any atom is 0.330 e. The van der Waals surface area contributed by atoms with Crippen LogP contribution in [0.5, 0.6) is 0 Å². The van der Waals surface area contributed by atoms with E-state index in [4.69, 9.17) is 0 Å². The van der Waals surface area contributed by atoms with E-state index in [1.54, 1.807) is 24.3 Å². The van der Waals surface area contributed by atoms with Gasteiger partial charge in [-0.2, -0.15) is 0 Å². The largest absolute Gasteiger partial charge is 0.479 e. The Balaban J connectivity index is 1.71. The van der Waals surface area contributed by atoms with Gasteiger partial charge in [-0.25, -0.2) is 4.79 Å². The Morgan fingerprint density at radius 1 is 1.24 bits per heavy atom. The maximum atomic E-state index is 12.4. The first-order valence-electron chi connectivity index (χ1n) is 7.48. The van der Waals surface area contributed by atoms with E-state index >= 15 is 0 Å². The molecule has 1 aromatic rings. The van der Waals surface area contributed by atoms with Crippen molar-refractivity contribution in [2.24, 2.45) is 11.8 Å². The minimum Gasteiger partial charge on any atom is -0.479 e. The summed E-state index contributed by atoms with van der Waals surface area (Å²) in [6.45, 7) is 0.867. The summed E-state index contributed by atoms with van der Waals surface area (Å²) in [6.07, 6.45) is 3.39. The van der Waals surface area contributed by atoms with Crippen molar-refractivity contribution in [2.75, 3.05) is 6.54 Å². The molecule has 2 aliphatic rings. The monoisotopic (exact) mass is 288 g/mol. The molecule has 1 aliphatic heterocycles. The van der Waals surface area contributed by atoms with E-state index in [1.807, 2.05) is 6.07 Å². The average Bonchev–Trinajstić information content (AvgIpc) is 3.07. The molecule has 4 unspecified atom stereocenters. The third-order valence-electron chi connectivity index (χ3n) is 4.69. The van der Waals surface area contributed by atoms with Gasteiger partial charge in [0.05, 0.1) is 6.04 Å². The number of rotatable bonds is 4. The molecule has 112 valence electrons. The lowest BCUT2D eigenvalue weighted by molar-refractivity contribution is -0.142. The van der Waals surface area contributed by atoms with Gasteiger partial charge in [-0.1, -0.05) is 36.8 Å². The molecule has 1 saturated carbocycles. The SMILES string of the molecule is O=C(O)C(NC(=O)C1NCC2CCCC21)c1ccccc1. The van der Waals surface area contributed by atoms with Crippen LogP contribution in [0, 0.1) is 11.8 Å². The van der Waals surface area contributed by atoms with E-state index in [2.05, 4.69) is 10.6 Å². The van der Waals surface area contributed by atoms with Crippen molar-refractivity contribution in [3.05, 3.63) is 35.9 Å². The molecule has 21 heavy (non-hydrogen) atoms. The van der Waals surface area contributed by atoms with Gasteiger partial charge in [-0.15, -0.1) is 0 Å². The van der Waals surface area contributed by atoms with Gasteiger partial charge in [0.15, 0.2) is 6.04 Å². The van der Waals surface area contributed by atoms with E-state index in [9.17, 15) is 14.7 Å². The van der Waals surface area contributed by atoms with Crippen molar-refractivity contribution < 1.29 is 14.7 Å². The fraction of sp³-hybridized carbons (Fsp3) is 0.500. The van der Waals surface area contributed by atoms with Gasteiger partial charge in [0.1, 0.15) is 0 Å². The second-order valence-electron chi connectivity index (χ2n) is 5.93. The Morgan fingerprint density at radius 2 is 2.00 bits per heavy atom. The molecule has 1 heterocycles. The Kier molecular flexibility index (Phi) is 3.92. The van der Waals surface area contributed by atoms with E-state index in [0.717, 1.165) is 13.0 Å². The number of carbonyl (C=O) groups is 2. The molecule has 1 saturated heterocycles. The van der Waals surface area contributed by atoms with Crippen molar-refractivity contribution >= 4 is 11.9 Å². The fourth-order valence-electron chi connectivity index (χ4n) is 3.64. The maximum absolute atomic E-state index is 12.4. The number of nitrogens with one attached hydrogen (secondary N) is 2. The summed E-state index contributed by atoms with van der Waals surface area (Å²) in [5.74, 6) is -0.299. The number of aliphatic carboxylic acids is 1. The zero-order valence-electron chi connectivity index (χ0n) is 11.8. The van der Waals surface area contributed by atoms with Crippen LogP contribution in [0.3, 0.4) is 0 Å². The number of hydrogen-bond acceptors (Lipinski definition) is 3. The number of hydrogen-bond donors (Lipinski definition) is 3. The molecule has 3 N–H and O–H groups in total. The first-order chi connectivity index (χ1) is 10.2. The summed E-state index contributed by atoms with van der Waals surface area (Å²) < 4.78 is 0. The third-order valence-corrected chi connectivity index (χ3v) is 4.69. The Morgan fingerprint density at radius 3 is 2.71 bits per heavy atom. The number of fused-ring (bicyclic) bond motifs is 1. The van der Waals surface area contributed by atoms with Gasteiger partial charge >= 0.3 is 5.97 Å². The molecule has 0 aromatic heterocycles. The van der Waals surface area contributed by atoms with Gasteiger partial charge in [-0.3, -0.25) is 4.79 Å². The van der Waals surface area contributed by atoms with Crippen LogP contribution in [0.15, 0.2) is 30.3 Å². The molecule has 0 bridgehead atoms. The molecule has 5 nitrogen and oxygen atoms in total. The minimum absolute atomic E-state index is 0.194. The molecular weight excluding hydrogens is 268 g/mol. The van der Waals surface area contributed by atoms with Gasteiger partial charge in [0.25, 0.3) is 0 Å². The molecular formula is C16H20N2O3. The molecule has 0 radical (unpaired) electrons. The standard InChI is InChI=1S/C16H20N2O3/c19-15(14-12-8-4-7-11(12)9-17-14)18-13(16(20)21)10-5-2-1-3-6-10/h1-3,5-6,11-14,17H,4,7-9H2,(H,18,19)(H,20,21). The predicted molar refractivity (Wildman–Crippen MR) is 77.6 cm³/mol. The van der Waals surface area contributed by atoms with Crippen molar-refractivity contribution in [3.8, 4) is 0 Å². The molecule has 1 aliphatic carbocycles. The average molecular weight is 288 g/mol. The summed E-state index contributed by atoms with van der Waals surface area (Å²) in [7, 11) is 0. The van der Waals surface area contributed by atoms with Crippen LogP contribution in [0.4, 0.5) is 0 Å². The van der Waals surface area contributed by atoms with Gasteiger partial charge < -0.3 is 15.7 Å². The lowest BCUT2D eigenvalue weighted by Gasteiger charge is -2.21. The molecule has 1 aromatic carbocycles. The number of carboxylic acid groups (broad SMARTS) is 1. The normalized spacial score (nSPS) is 28.9. The Labute approximate surface area is 123 Å². The van der Waals surface area contributed by atoms with Gasteiger partial charge in [-0.05, 0) is 36.8 Å². The van der Waals surface area contributed by atoms with Crippen LogP contribution >= 0.6 is 0 Å². The lowest BCUT2D eigenvalue weighted by Crippen LogP contribution is -2.46. The van der Waals surface area contributed by atoms with Crippen molar-refractivity contribution in [3.63, 3.8) is 0 Å². The summed E-state index contributed by atoms with van der Waals surface area (Å²) in [5.41, 5.74) is 0.597. The zero-order valence-corrected chi connectivity index (χ0v) is 11.8. The van der Waals surface area contributed by atoms with Gasteiger partial charge in [0, 0.05) is 0 Å². The summed E-state index contributed by atoms with van der Waals surface area (Å²) in [4.78, 5) is 23.9. The first kappa shape index (κ1) is 14.1. The highest BCUT2D eigenvalue weighted by Gasteiger charge is 2.43. The quantitative estimate of drug-likeness (QED) is 0.780. The molecule has 2 fully saturated rings. The van der Waals surface area contributed by atoms with E-state index in [0.29, 0.717) is 17.4 Å². The van der Waals surface area contributed by atoms with E-state index < -0.39 is 12.0 Å². The summed E-state index contributed by atoms with van der Waals surface area (Å²) >= 11 is 0. The van der Waals surface area contributed by atoms with Crippen LogP contribution in [0.25, 0.3) is 0 Å². The van der Waals surface area contributed by atoms with Crippen LogP contribution in [0.1, 0.15) is 30.9 Å². The Hall–Kier alpha value is -1.88. The van der Waals surface area contributed by atoms with Crippen molar-refractivity contribution in [1.29, 1.82) is 0 Å². The third kappa shape index (κ3) is 2.78. The van der Waals surface area contributed by atoms with E-state index in [-0.39, 0.29) is 11.9 Å². The highest BCUT2D eigenvalue weighted by Crippen LogP contribution is 2.37. The fourth-order valence-corrected chi connectivity index (χ4v) is 3.64. The van der Waals surface area contributed by atoms with Crippen LogP contribution in [-0.2, 0) is 9.59 Å². The zero-order chi connectivity index (χ0) is 14.8. The molecule has 3 rings (SSSR count). The first-order valence-corrected chi connectivity index (χ1v) is 7.48. The highest BCUT2D eigenvalue weighted by molar-refractivity contribution is 5.88. The van der Waals surface area contributed by atoms with Crippen LogP contribution in [-0.4, -0.2) is 29.6 Å². The van der Waals surface area contributed by atoms with Crippen molar-refractivity contribution in [1.82, 2.24) is 10.6 Å². The molecule has 0 spiro atoms. The lowest BCUT2D eigenvalue weighted by atomic mass is 9.93. The van der Waals surface area contributed by atoms with Crippen LogP contribution < -0.4 is 10.6 Å². The van der Waals surface area contributed by atoms with Crippen molar-refractivity contribution in [2.45, 2.75) is 31.3 Å². The second-order valence-corrected chi connectivity index (χ2v) is 5.93. The smallest absolute Gasteiger partial charge is 0.330 e. The highest BCUT2D eigenvalue weighted by atomic mass is 16.4. The number of benzene rings is 1.